The number of aliphatic hydroxyl groups excluding tert-OH is 1. The first-order valence-electron chi connectivity index (χ1n) is 5.01. The second-order valence-corrected chi connectivity index (χ2v) is 3.72. The van der Waals surface area contributed by atoms with Gasteiger partial charge in [-0.3, -0.25) is 4.79 Å². The zero-order chi connectivity index (χ0) is 12.1. The third-order valence-corrected chi connectivity index (χ3v) is 2.18. The Morgan fingerprint density at radius 1 is 1.31 bits per heavy atom. The first-order valence-corrected chi connectivity index (χ1v) is 5.01. The maximum Gasteiger partial charge on any atom is 0.206 e. The predicted octanol–water partition coefficient (Wildman–Crippen LogP) is 2.86. The third-order valence-electron chi connectivity index (χ3n) is 2.18. The van der Waals surface area contributed by atoms with E-state index in [4.69, 9.17) is 5.26 Å². The fourth-order valence-corrected chi connectivity index (χ4v) is 1.25. The van der Waals surface area contributed by atoms with Gasteiger partial charge < -0.3 is 5.11 Å². The molecule has 0 saturated heterocycles. The average Bonchev–Trinajstić information content (AvgIpc) is 2.30. The Kier molecular flexibility index (Phi) is 3.84. The van der Waals surface area contributed by atoms with E-state index >= 15 is 0 Å². The molecule has 0 radical (unpaired) electrons. The Balaban J connectivity index is 3.16. The standard InChI is InChI=1S/C13H13NO2/c1-9(2)12(15)11(8-14)13(16)10-6-4-3-5-7-10/h3-7,9,15H,1-2H3/b12-11-. The van der Waals surface area contributed by atoms with Crippen LogP contribution in [0.15, 0.2) is 41.7 Å². The summed E-state index contributed by atoms with van der Waals surface area (Å²) in [4.78, 5) is 11.9. The number of ketones is 1. The molecule has 0 amide bonds. The largest absolute Gasteiger partial charge is 0.511 e. The van der Waals surface area contributed by atoms with Crippen molar-refractivity contribution in [1.82, 2.24) is 0 Å². The first-order chi connectivity index (χ1) is 7.57. The summed E-state index contributed by atoms with van der Waals surface area (Å²) >= 11 is 0. The molecule has 0 aliphatic heterocycles. The number of hydrogen-bond acceptors (Lipinski definition) is 3. The number of carbonyl (C=O) groups is 1. The number of nitriles is 1. The summed E-state index contributed by atoms with van der Waals surface area (Å²) in [6.07, 6.45) is 0. The van der Waals surface area contributed by atoms with E-state index in [1.807, 2.05) is 0 Å². The predicted molar refractivity (Wildman–Crippen MR) is 60.9 cm³/mol. The molecule has 0 aromatic heterocycles. The lowest BCUT2D eigenvalue weighted by molar-refractivity contribution is 0.103. The molecule has 0 fully saturated rings. The highest BCUT2D eigenvalue weighted by molar-refractivity contribution is 6.11. The van der Waals surface area contributed by atoms with E-state index in [2.05, 4.69) is 0 Å². The van der Waals surface area contributed by atoms with E-state index < -0.39 is 5.78 Å². The molecule has 0 heterocycles. The van der Waals surface area contributed by atoms with Gasteiger partial charge in [0, 0.05) is 11.5 Å². The van der Waals surface area contributed by atoms with Crippen LogP contribution in [0.2, 0.25) is 0 Å². The lowest BCUT2D eigenvalue weighted by atomic mass is 9.99. The van der Waals surface area contributed by atoms with Gasteiger partial charge in [0.25, 0.3) is 0 Å². The Bertz CT molecular complexity index is 453. The molecular formula is C13H13NO2. The van der Waals surface area contributed by atoms with Crippen molar-refractivity contribution in [1.29, 1.82) is 5.26 Å². The van der Waals surface area contributed by atoms with Crippen molar-refractivity contribution in [2.24, 2.45) is 5.92 Å². The number of rotatable bonds is 3. The Labute approximate surface area is 94.6 Å². The molecule has 0 saturated carbocycles. The Morgan fingerprint density at radius 2 is 1.88 bits per heavy atom. The van der Waals surface area contributed by atoms with Crippen LogP contribution in [0.4, 0.5) is 0 Å². The van der Waals surface area contributed by atoms with Gasteiger partial charge in [0.15, 0.2) is 0 Å². The van der Waals surface area contributed by atoms with E-state index in [9.17, 15) is 9.90 Å². The van der Waals surface area contributed by atoms with Crippen LogP contribution in [0.3, 0.4) is 0 Å². The van der Waals surface area contributed by atoms with Crippen molar-refractivity contribution < 1.29 is 9.90 Å². The molecule has 0 bridgehead atoms. The van der Waals surface area contributed by atoms with Crippen LogP contribution in [0, 0.1) is 17.2 Å². The van der Waals surface area contributed by atoms with Gasteiger partial charge in [-0.15, -0.1) is 0 Å². The van der Waals surface area contributed by atoms with Gasteiger partial charge in [0.1, 0.15) is 17.4 Å². The number of hydrogen-bond donors (Lipinski definition) is 1. The van der Waals surface area contributed by atoms with Gasteiger partial charge in [-0.05, 0) is 0 Å². The average molecular weight is 215 g/mol. The molecule has 82 valence electrons. The minimum absolute atomic E-state index is 0.156. The molecule has 16 heavy (non-hydrogen) atoms. The van der Waals surface area contributed by atoms with Crippen LogP contribution < -0.4 is 0 Å². The molecule has 3 heteroatoms. The molecule has 3 nitrogen and oxygen atoms in total. The van der Waals surface area contributed by atoms with Crippen LogP contribution in [-0.2, 0) is 0 Å². The topological polar surface area (TPSA) is 61.1 Å². The molecule has 0 aliphatic rings. The van der Waals surface area contributed by atoms with Crippen molar-refractivity contribution in [3.05, 3.63) is 47.2 Å². The molecule has 0 unspecified atom stereocenters. The van der Waals surface area contributed by atoms with Crippen LogP contribution in [0.1, 0.15) is 24.2 Å². The molecular weight excluding hydrogens is 202 g/mol. The summed E-state index contributed by atoms with van der Waals surface area (Å²) in [6, 6.07) is 10.2. The quantitative estimate of drug-likeness (QED) is 0.365. The van der Waals surface area contributed by atoms with E-state index in [-0.39, 0.29) is 17.3 Å². The maximum absolute atomic E-state index is 11.9. The van der Waals surface area contributed by atoms with E-state index in [1.165, 1.54) is 0 Å². The van der Waals surface area contributed by atoms with E-state index in [1.54, 1.807) is 50.2 Å². The van der Waals surface area contributed by atoms with E-state index in [0.29, 0.717) is 5.56 Å². The van der Waals surface area contributed by atoms with Gasteiger partial charge in [0.2, 0.25) is 5.78 Å². The van der Waals surface area contributed by atoms with Gasteiger partial charge in [0.05, 0.1) is 0 Å². The van der Waals surface area contributed by atoms with Crippen LogP contribution in [-0.4, -0.2) is 10.9 Å². The van der Waals surface area contributed by atoms with Crippen LogP contribution in [0.25, 0.3) is 0 Å². The van der Waals surface area contributed by atoms with Crippen molar-refractivity contribution in [2.45, 2.75) is 13.8 Å². The molecule has 1 aromatic carbocycles. The van der Waals surface area contributed by atoms with Crippen molar-refractivity contribution in [2.75, 3.05) is 0 Å². The van der Waals surface area contributed by atoms with Crippen molar-refractivity contribution >= 4 is 5.78 Å². The molecule has 0 atom stereocenters. The van der Waals surface area contributed by atoms with Crippen LogP contribution in [0.5, 0.6) is 0 Å². The first kappa shape index (κ1) is 12.0. The maximum atomic E-state index is 11.9. The normalized spacial score (nSPS) is 11.9. The highest BCUT2D eigenvalue weighted by Crippen LogP contribution is 2.16. The Morgan fingerprint density at radius 3 is 2.31 bits per heavy atom. The molecule has 0 aliphatic carbocycles. The Hall–Kier alpha value is -2.08. The lowest BCUT2D eigenvalue weighted by Gasteiger charge is -2.06. The highest BCUT2D eigenvalue weighted by Gasteiger charge is 2.18. The van der Waals surface area contributed by atoms with Crippen molar-refractivity contribution in [3.63, 3.8) is 0 Å². The number of benzene rings is 1. The van der Waals surface area contributed by atoms with E-state index in [0.717, 1.165) is 0 Å². The lowest BCUT2D eigenvalue weighted by Crippen LogP contribution is -2.08. The smallest absolute Gasteiger partial charge is 0.206 e. The molecule has 1 rings (SSSR count). The number of carbonyl (C=O) groups excluding carboxylic acids is 1. The minimum Gasteiger partial charge on any atom is -0.511 e. The highest BCUT2D eigenvalue weighted by atomic mass is 16.3. The fraction of sp³-hybridized carbons (Fsp3) is 0.231. The summed E-state index contributed by atoms with van der Waals surface area (Å²) < 4.78 is 0. The number of Topliss-reactive ketones (excluding diaryl/α,β-unsaturated/α-hetero) is 1. The van der Waals surface area contributed by atoms with Crippen LogP contribution >= 0.6 is 0 Å². The SMILES string of the molecule is CC(C)/C(O)=C(\C#N)C(=O)c1ccccc1. The van der Waals surface area contributed by atoms with Gasteiger partial charge in [-0.25, -0.2) is 0 Å². The molecule has 1 N–H and O–H groups in total. The van der Waals surface area contributed by atoms with Gasteiger partial charge in [-0.1, -0.05) is 44.2 Å². The van der Waals surface area contributed by atoms with Gasteiger partial charge in [-0.2, -0.15) is 5.26 Å². The summed E-state index contributed by atoms with van der Waals surface area (Å²) in [5.41, 5.74) is 0.229. The molecule has 0 spiro atoms. The summed E-state index contributed by atoms with van der Waals surface area (Å²) in [5.74, 6) is -0.826. The molecule has 1 aromatic rings. The summed E-state index contributed by atoms with van der Waals surface area (Å²) in [7, 11) is 0. The second kappa shape index (κ2) is 5.13. The third kappa shape index (κ3) is 2.48. The zero-order valence-electron chi connectivity index (χ0n) is 9.27. The second-order valence-electron chi connectivity index (χ2n) is 3.72. The number of allylic oxidation sites excluding steroid dienone is 2. The monoisotopic (exact) mass is 215 g/mol. The fourth-order valence-electron chi connectivity index (χ4n) is 1.25. The minimum atomic E-state index is -0.436. The van der Waals surface area contributed by atoms with Crippen molar-refractivity contribution in [3.8, 4) is 6.07 Å². The summed E-state index contributed by atoms with van der Waals surface area (Å²) in [5, 5.41) is 18.5. The number of aliphatic hydroxyl groups is 1. The van der Waals surface area contributed by atoms with Gasteiger partial charge >= 0.3 is 0 Å². The zero-order valence-corrected chi connectivity index (χ0v) is 9.27. The number of nitrogens with zero attached hydrogens (tertiary/aromatic N) is 1. The summed E-state index contributed by atoms with van der Waals surface area (Å²) in [6.45, 7) is 3.45.